The fourth-order valence-electron chi connectivity index (χ4n) is 9.50. The monoisotopic (exact) mass is 843 g/mol. The number of ether oxygens (including phenoxy) is 7. The second-order valence-electron chi connectivity index (χ2n) is 19.9. The molecule has 5 aliphatic heterocycles. The van der Waals surface area contributed by atoms with Crippen molar-refractivity contribution in [2.75, 3.05) is 13.7 Å². The molecule has 0 saturated carbocycles. The Labute approximate surface area is 354 Å². The van der Waals surface area contributed by atoms with E-state index in [-0.39, 0.29) is 41.6 Å². The highest BCUT2D eigenvalue weighted by Crippen LogP contribution is 2.50. The van der Waals surface area contributed by atoms with Crippen molar-refractivity contribution in [3.05, 3.63) is 59.3 Å². The van der Waals surface area contributed by atoms with Gasteiger partial charge in [0.15, 0.2) is 20.4 Å². The van der Waals surface area contributed by atoms with Gasteiger partial charge in [-0.25, -0.2) is 0 Å². The van der Waals surface area contributed by atoms with E-state index in [1.807, 2.05) is 44.2 Å². The number of methoxy groups -OCH3 is 1. The topological polar surface area (TPSA) is 131 Å². The molecule has 3 fully saturated rings. The highest BCUT2D eigenvalue weighted by molar-refractivity contribution is 6.74. The zero-order chi connectivity index (χ0) is 43.2. The van der Waals surface area contributed by atoms with Crippen molar-refractivity contribution in [2.45, 2.75) is 192 Å². The Morgan fingerprint density at radius 2 is 1.75 bits per heavy atom. The number of rotatable bonds is 7. The molecule has 11 nitrogen and oxygen atoms in total. The molecule has 6 rings (SSSR count). The molecule has 3 saturated heterocycles. The van der Waals surface area contributed by atoms with Gasteiger partial charge in [0.25, 0.3) is 0 Å². The third kappa shape index (κ3) is 9.53. The molecule has 2 N–H and O–H groups in total. The van der Waals surface area contributed by atoms with Crippen LogP contribution in [0.3, 0.4) is 0 Å². The van der Waals surface area contributed by atoms with Crippen LogP contribution < -0.4 is 0 Å². The van der Waals surface area contributed by atoms with Crippen LogP contribution in [0.15, 0.2) is 59.3 Å². The first-order valence-electron chi connectivity index (χ1n) is 22.1. The van der Waals surface area contributed by atoms with E-state index in [0.29, 0.717) is 31.3 Å². The van der Waals surface area contributed by atoms with E-state index in [2.05, 4.69) is 80.6 Å². The lowest BCUT2D eigenvalue weighted by Crippen LogP contribution is -2.60. The predicted molar refractivity (Wildman–Crippen MR) is 229 cm³/mol. The van der Waals surface area contributed by atoms with Crippen molar-refractivity contribution < 1.29 is 52.6 Å². The number of carbonyl (C=O) groups excluding carboxylic acids is 1. The number of fused-ring (bicyclic) bond motifs is 2. The number of hydrogen-bond donors (Lipinski definition) is 2. The Kier molecular flexibility index (Phi) is 14.2. The third-order valence-corrected chi connectivity index (χ3v) is 18.9. The molecule has 2 bridgehead atoms. The smallest absolute Gasteiger partial charge is 0.316 e. The first-order valence-corrected chi connectivity index (χ1v) is 25.1. The van der Waals surface area contributed by atoms with Gasteiger partial charge >= 0.3 is 5.97 Å². The van der Waals surface area contributed by atoms with Crippen LogP contribution in [0.2, 0.25) is 18.1 Å². The molecule has 12 heteroatoms. The molecule has 0 aromatic carbocycles. The SMILES string of the molecule is CC[C@H](C)[C@H]1OC2(C=C[C@@H]1C)C[C@@H]1C[C@@H](C/C=C(\C)[C@@H](OC3CC(OC)C(O)C(C)O3)[C@@H](C)/C=C/C=C3\CO[C@@H]4[C@H](O[Si](C)(C)C(C)(C)C)C(C)=CC(C(=O)O1)[C@]34O)O2. The molecule has 0 radical (unpaired) electrons. The van der Waals surface area contributed by atoms with Crippen LogP contribution in [0.1, 0.15) is 101 Å². The third-order valence-electron chi connectivity index (χ3n) is 14.5. The molecule has 6 unspecified atom stereocenters. The van der Waals surface area contributed by atoms with E-state index in [4.69, 9.17) is 37.6 Å². The van der Waals surface area contributed by atoms with Crippen molar-refractivity contribution in [3.63, 3.8) is 0 Å². The van der Waals surface area contributed by atoms with E-state index in [9.17, 15) is 15.0 Å². The normalized spacial score (nSPS) is 45.0. The van der Waals surface area contributed by atoms with E-state index >= 15 is 0 Å². The minimum Gasteiger partial charge on any atom is -0.462 e. The lowest BCUT2D eigenvalue weighted by molar-refractivity contribution is -0.300. The van der Waals surface area contributed by atoms with Crippen LogP contribution in [0.25, 0.3) is 0 Å². The zero-order valence-electron chi connectivity index (χ0n) is 37.9. The van der Waals surface area contributed by atoms with Crippen LogP contribution in [0, 0.1) is 23.7 Å². The van der Waals surface area contributed by atoms with Crippen LogP contribution in [0.4, 0.5) is 0 Å². The second-order valence-corrected chi connectivity index (χ2v) is 24.7. The van der Waals surface area contributed by atoms with Gasteiger partial charge in [-0.2, -0.15) is 0 Å². The zero-order valence-corrected chi connectivity index (χ0v) is 38.9. The van der Waals surface area contributed by atoms with Gasteiger partial charge in [0, 0.05) is 38.2 Å². The fraction of sp³-hybridized carbons (Fsp3) is 0.766. The first kappa shape index (κ1) is 46.5. The summed E-state index contributed by atoms with van der Waals surface area (Å²) in [7, 11) is -0.748. The van der Waals surface area contributed by atoms with Crippen molar-refractivity contribution in [1.82, 2.24) is 0 Å². The quantitative estimate of drug-likeness (QED) is 0.148. The van der Waals surface area contributed by atoms with Crippen molar-refractivity contribution >= 4 is 14.3 Å². The molecule has 6 aliphatic rings. The minimum absolute atomic E-state index is 0.0699. The van der Waals surface area contributed by atoms with Gasteiger partial charge in [0.05, 0.1) is 43.2 Å². The van der Waals surface area contributed by atoms with Gasteiger partial charge in [0.2, 0.25) is 0 Å². The molecule has 0 amide bonds. The fourth-order valence-corrected chi connectivity index (χ4v) is 10.8. The van der Waals surface area contributed by atoms with Crippen LogP contribution in [-0.4, -0.2) is 111 Å². The maximum Gasteiger partial charge on any atom is 0.316 e. The largest absolute Gasteiger partial charge is 0.462 e. The summed E-state index contributed by atoms with van der Waals surface area (Å²) in [5.74, 6) is -2.28. The molecule has 5 heterocycles. The number of aliphatic hydroxyl groups is 2. The van der Waals surface area contributed by atoms with Crippen LogP contribution >= 0.6 is 0 Å². The average Bonchev–Trinajstić information content (AvgIpc) is 3.51. The van der Waals surface area contributed by atoms with E-state index in [0.717, 1.165) is 17.6 Å². The Balaban J connectivity index is 1.42. The average molecular weight is 843 g/mol. The lowest BCUT2D eigenvalue weighted by atomic mass is 9.71. The Morgan fingerprint density at radius 1 is 1.02 bits per heavy atom. The van der Waals surface area contributed by atoms with Gasteiger partial charge in [-0.3, -0.25) is 4.79 Å². The highest BCUT2D eigenvalue weighted by atomic mass is 28.4. The number of allylic oxidation sites excluding steroid dienone is 2. The number of aliphatic hydroxyl groups excluding tert-OH is 1. The summed E-state index contributed by atoms with van der Waals surface area (Å²) in [6, 6.07) is 0. The molecule has 1 spiro atoms. The van der Waals surface area contributed by atoms with Gasteiger partial charge < -0.3 is 47.8 Å². The molecule has 0 aromatic heterocycles. The Hall–Kier alpha value is -1.97. The molecular formula is C47H74O11Si. The standard InChI is InChI=1S/C47H74O11Si/c1-14-27(2)41-30(5)20-21-46(57-41)25-35-23-34(56-46)19-18-29(4)40(55-38-24-37(51-11)39(48)32(7)53-38)28(3)16-15-17-33-26-52-43-42(58-59(12,13)45(8,9)10)31(6)22-36(44(49)54-35)47(33,43)50/h15-18,20-22,27-28,30,32,34-43,48,50H,14,19,23-26H2,1-13H3/b16-15+,29-18+,33-17+/t27-,28-,30-,32?,34+,35-,36?,37?,38?,39?,40-,41+,42+,43+,46?,47+/m0/s1. The molecule has 16 atom stereocenters. The Bertz CT molecular complexity index is 1660. The summed E-state index contributed by atoms with van der Waals surface area (Å²) in [5.41, 5.74) is 0.703. The summed E-state index contributed by atoms with van der Waals surface area (Å²) >= 11 is 0. The van der Waals surface area contributed by atoms with Crippen LogP contribution in [0.5, 0.6) is 0 Å². The van der Waals surface area contributed by atoms with Gasteiger partial charge in [-0.05, 0) is 74.0 Å². The van der Waals surface area contributed by atoms with Crippen molar-refractivity contribution in [2.24, 2.45) is 23.7 Å². The second kappa shape index (κ2) is 18.0. The van der Waals surface area contributed by atoms with Gasteiger partial charge in [-0.15, -0.1) is 0 Å². The summed E-state index contributed by atoms with van der Waals surface area (Å²) in [6.07, 6.45) is 11.7. The van der Waals surface area contributed by atoms with Gasteiger partial charge in [-0.1, -0.05) is 91.3 Å². The Morgan fingerprint density at radius 3 is 2.42 bits per heavy atom. The summed E-state index contributed by atoms with van der Waals surface area (Å²) in [6.45, 7) is 25.6. The maximum absolute atomic E-state index is 14.7. The minimum atomic E-state index is -2.34. The maximum atomic E-state index is 14.7. The van der Waals surface area contributed by atoms with Crippen molar-refractivity contribution in [3.8, 4) is 0 Å². The van der Waals surface area contributed by atoms with E-state index in [1.165, 1.54) is 0 Å². The van der Waals surface area contributed by atoms with Crippen LogP contribution in [-0.2, 0) is 42.4 Å². The number of hydrogen-bond acceptors (Lipinski definition) is 11. The first-order chi connectivity index (χ1) is 27.6. The molecule has 0 aromatic rings. The number of esters is 1. The summed E-state index contributed by atoms with van der Waals surface area (Å²) in [4.78, 5) is 14.7. The lowest BCUT2D eigenvalue weighted by Gasteiger charge is -2.49. The summed E-state index contributed by atoms with van der Waals surface area (Å²) in [5, 5.41) is 23.7. The predicted octanol–water partition coefficient (Wildman–Crippen LogP) is 7.87. The molecule has 332 valence electrons. The number of carbonyl (C=O) groups is 1. The summed E-state index contributed by atoms with van der Waals surface area (Å²) < 4.78 is 52.5. The van der Waals surface area contributed by atoms with Crippen molar-refractivity contribution in [1.29, 1.82) is 0 Å². The van der Waals surface area contributed by atoms with E-state index < -0.39 is 80.6 Å². The molecule has 1 aliphatic carbocycles. The van der Waals surface area contributed by atoms with Gasteiger partial charge in [0.1, 0.15) is 29.8 Å². The van der Waals surface area contributed by atoms with E-state index in [1.54, 1.807) is 7.11 Å². The highest BCUT2D eigenvalue weighted by Gasteiger charge is 2.61. The molecule has 59 heavy (non-hydrogen) atoms. The molecular weight excluding hydrogens is 769 g/mol.